The Bertz CT molecular complexity index is 435. The van der Waals surface area contributed by atoms with Crippen molar-refractivity contribution in [1.82, 2.24) is 0 Å². The van der Waals surface area contributed by atoms with Gasteiger partial charge >= 0.3 is 5.97 Å². The van der Waals surface area contributed by atoms with Crippen molar-refractivity contribution in [2.45, 2.75) is 39.3 Å². The highest BCUT2D eigenvalue weighted by Gasteiger charge is 2.17. The Morgan fingerprint density at radius 1 is 1.42 bits per heavy atom. The quantitative estimate of drug-likeness (QED) is 0.815. The molecule has 2 atom stereocenters. The summed E-state index contributed by atoms with van der Waals surface area (Å²) in [5.41, 5.74) is 6.79. The van der Waals surface area contributed by atoms with Crippen molar-refractivity contribution < 1.29 is 14.3 Å². The molecule has 5 heteroatoms. The second-order valence-electron chi connectivity index (χ2n) is 4.45. The number of rotatable bonds is 6. The number of hydrogen-bond acceptors (Lipinski definition) is 4. The van der Waals surface area contributed by atoms with Crippen LogP contribution in [0.25, 0.3) is 0 Å². The Morgan fingerprint density at radius 2 is 2.11 bits per heavy atom. The monoisotopic (exact) mass is 329 g/mol. The molecule has 2 N–H and O–H groups in total. The maximum atomic E-state index is 11.6. The van der Waals surface area contributed by atoms with Crippen LogP contribution in [0.2, 0.25) is 0 Å². The minimum Gasteiger partial charge on any atom is -0.479 e. The molecule has 0 bridgehead atoms. The Morgan fingerprint density at radius 3 is 2.68 bits per heavy atom. The first-order chi connectivity index (χ1) is 8.93. The van der Waals surface area contributed by atoms with Crippen LogP contribution in [0.3, 0.4) is 0 Å². The molecule has 0 aliphatic heterocycles. The van der Waals surface area contributed by atoms with Crippen LogP contribution in [0.1, 0.15) is 26.3 Å². The molecule has 2 unspecified atom stereocenters. The molecule has 19 heavy (non-hydrogen) atoms. The predicted molar refractivity (Wildman–Crippen MR) is 78.2 cm³/mol. The molecule has 1 aromatic carbocycles. The number of benzene rings is 1. The first kappa shape index (κ1) is 16.0. The fraction of sp³-hybridized carbons (Fsp3) is 0.500. The molecule has 0 heterocycles. The summed E-state index contributed by atoms with van der Waals surface area (Å²) in [5.74, 6) is 0.304. The highest BCUT2D eigenvalue weighted by atomic mass is 79.9. The SMILES string of the molecule is CCOC(=O)C(C)Oc1ccc(Br)cc1CC(C)N. The van der Waals surface area contributed by atoms with Gasteiger partial charge in [-0.3, -0.25) is 0 Å². The van der Waals surface area contributed by atoms with E-state index in [4.69, 9.17) is 15.2 Å². The molecule has 1 aromatic rings. The third-order valence-corrected chi connectivity index (χ3v) is 2.98. The third-order valence-electron chi connectivity index (χ3n) is 2.49. The van der Waals surface area contributed by atoms with Crippen molar-refractivity contribution in [3.8, 4) is 5.75 Å². The molecular formula is C14H20BrNO3. The smallest absolute Gasteiger partial charge is 0.347 e. The van der Waals surface area contributed by atoms with Gasteiger partial charge in [0.15, 0.2) is 6.10 Å². The van der Waals surface area contributed by atoms with E-state index in [-0.39, 0.29) is 12.0 Å². The molecule has 0 radical (unpaired) electrons. The molecule has 0 saturated heterocycles. The first-order valence-electron chi connectivity index (χ1n) is 6.31. The number of ether oxygens (including phenoxy) is 2. The number of esters is 1. The second kappa shape index (κ2) is 7.50. The van der Waals surface area contributed by atoms with Crippen molar-refractivity contribution in [3.05, 3.63) is 28.2 Å². The van der Waals surface area contributed by atoms with Crippen molar-refractivity contribution in [2.24, 2.45) is 5.73 Å². The molecule has 0 saturated carbocycles. The van der Waals surface area contributed by atoms with E-state index < -0.39 is 6.10 Å². The maximum Gasteiger partial charge on any atom is 0.347 e. The summed E-state index contributed by atoms with van der Waals surface area (Å²) >= 11 is 3.42. The summed E-state index contributed by atoms with van der Waals surface area (Å²) in [6, 6.07) is 5.68. The van der Waals surface area contributed by atoms with Gasteiger partial charge in [-0.05, 0) is 51.0 Å². The van der Waals surface area contributed by atoms with Crippen LogP contribution in [0.15, 0.2) is 22.7 Å². The zero-order valence-electron chi connectivity index (χ0n) is 11.5. The van der Waals surface area contributed by atoms with E-state index in [1.807, 2.05) is 25.1 Å². The van der Waals surface area contributed by atoms with E-state index in [1.165, 1.54) is 0 Å². The van der Waals surface area contributed by atoms with E-state index in [0.717, 1.165) is 10.0 Å². The van der Waals surface area contributed by atoms with Crippen LogP contribution < -0.4 is 10.5 Å². The van der Waals surface area contributed by atoms with Gasteiger partial charge < -0.3 is 15.2 Å². The van der Waals surface area contributed by atoms with E-state index >= 15 is 0 Å². The van der Waals surface area contributed by atoms with Crippen LogP contribution in [0.4, 0.5) is 0 Å². The lowest BCUT2D eigenvalue weighted by Crippen LogP contribution is -2.27. The molecule has 1 rings (SSSR count). The van der Waals surface area contributed by atoms with E-state index in [0.29, 0.717) is 18.8 Å². The fourth-order valence-corrected chi connectivity index (χ4v) is 2.08. The van der Waals surface area contributed by atoms with Gasteiger partial charge in [0.1, 0.15) is 5.75 Å². The summed E-state index contributed by atoms with van der Waals surface area (Å²) < 4.78 is 11.5. The van der Waals surface area contributed by atoms with E-state index in [9.17, 15) is 4.79 Å². The molecule has 0 aliphatic rings. The average Bonchev–Trinajstić information content (AvgIpc) is 2.32. The lowest BCUT2D eigenvalue weighted by atomic mass is 10.1. The van der Waals surface area contributed by atoms with Gasteiger partial charge in [0, 0.05) is 10.5 Å². The average molecular weight is 330 g/mol. The summed E-state index contributed by atoms with van der Waals surface area (Å²) in [5, 5.41) is 0. The van der Waals surface area contributed by atoms with Crippen molar-refractivity contribution >= 4 is 21.9 Å². The lowest BCUT2D eigenvalue weighted by molar-refractivity contribution is -0.150. The molecule has 0 aromatic heterocycles. The van der Waals surface area contributed by atoms with Gasteiger partial charge in [-0.2, -0.15) is 0 Å². The Labute approximate surface area is 122 Å². The fourth-order valence-electron chi connectivity index (χ4n) is 1.67. The van der Waals surface area contributed by atoms with Crippen molar-refractivity contribution in [1.29, 1.82) is 0 Å². The number of nitrogens with two attached hydrogens (primary N) is 1. The Hall–Kier alpha value is -1.07. The van der Waals surface area contributed by atoms with Crippen LogP contribution in [-0.4, -0.2) is 24.7 Å². The van der Waals surface area contributed by atoms with Crippen molar-refractivity contribution in [2.75, 3.05) is 6.61 Å². The highest BCUT2D eigenvalue weighted by molar-refractivity contribution is 9.10. The van der Waals surface area contributed by atoms with E-state index in [2.05, 4.69) is 15.9 Å². The summed E-state index contributed by atoms with van der Waals surface area (Å²) in [6.45, 7) is 5.72. The van der Waals surface area contributed by atoms with Gasteiger partial charge in [-0.25, -0.2) is 4.79 Å². The van der Waals surface area contributed by atoms with Gasteiger partial charge in [0.2, 0.25) is 0 Å². The van der Waals surface area contributed by atoms with Gasteiger partial charge in [0.25, 0.3) is 0 Å². The van der Waals surface area contributed by atoms with Crippen LogP contribution >= 0.6 is 15.9 Å². The number of carbonyl (C=O) groups excluding carboxylic acids is 1. The number of hydrogen-bond donors (Lipinski definition) is 1. The topological polar surface area (TPSA) is 61.5 Å². The second-order valence-corrected chi connectivity index (χ2v) is 5.36. The number of carbonyl (C=O) groups is 1. The molecule has 0 spiro atoms. The molecule has 0 fully saturated rings. The van der Waals surface area contributed by atoms with E-state index in [1.54, 1.807) is 13.8 Å². The minimum atomic E-state index is -0.632. The van der Waals surface area contributed by atoms with Gasteiger partial charge in [0.05, 0.1) is 6.61 Å². The maximum absolute atomic E-state index is 11.6. The zero-order valence-corrected chi connectivity index (χ0v) is 13.1. The first-order valence-corrected chi connectivity index (χ1v) is 7.10. The summed E-state index contributed by atoms with van der Waals surface area (Å²) in [4.78, 5) is 11.6. The van der Waals surface area contributed by atoms with Crippen LogP contribution in [0.5, 0.6) is 5.75 Å². The molecule has 0 aliphatic carbocycles. The largest absolute Gasteiger partial charge is 0.479 e. The Balaban J connectivity index is 2.84. The third kappa shape index (κ3) is 5.20. The molecule has 4 nitrogen and oxygen atoms in total. The molecular weight excluding hydrogens is 310 g/mol. The van der Waals surface area contributed by atoms with Crippen LogP contribution in [0, 0.1) is 0 Å². The number of halogens is 1. The summed E-state index contributed by atoms with van der Waals surface area (Å²) in [6.07, 6.45) is 0.0533. The van der Waals surface area contributed by atoms with Crippen LogP contribution in [-0.2, 0) is 16.0 Å². The zero-order chi connectivity index (χ0) is 14.4. The van der Waals surface area contributed by atoms with Gasteiger partial charge in [-0.1, -0.05) is 15.9 Å². The van der Waals surface area contributed by atoms with Gasteiger partial charge in [-0.15, -0.1) is 0 Å². The molecule has 106 valence electrons. The normalized spacial score (nSPS) is 13.7. The predicted octanol–water partition coefficient (Wildman–Crippen LogP) is 2.67. The standard InChI is InChI=1S/C14H20BrNO3/c1-4-18-14(17)10(3)19-13-6-5-12(15)8-11(13)7-9(2)16/h5-6,8-10H,4,7,16H2,1-3H3. The highest BCUT2D eigenvalue weighted by Crippen LogP contribution is 2.25. The minimum absolute atomic E-state index is 0.0227. The molecule has 0 amide bonds. The summed E-state index contributed by atoms with van der Waals surface area (Å²) in [7, 11) is 0. The Kier molecular flexibility index (Phi) is 6.31. The lowest BCUT2D eigenvalue weighted by Gasteiger charge is -2.17. The van der Waals surface area contributed by atoms with Crippen molar-refractivity contribution in [3.63, 3.8) is 0 Å².